The summed E-state index contributed by atoms with van der Waals surface area (Å²) in [5.74, 6) is 0. The van der Waals surface area contributed by atoms with Crippen molar-refractivity contribution in [1.29, 1.82) is 0 Å². The minimum atomic E-state index is -3.40. The third kappa shape index (κ3) is 1.39. The zero-order chi connectivity index (χ0) is 9.64. The molecule has 68 valence electrons. The lowest BCUT2D eigenvalue weighted by molar-refractivity contribution is 0.599. The lowest BCUT2D eigenvalue weighted by Crippen LogP contribution is -1.93. The first-order valence-corrected chi connectivity index (χ1v) is 6.14. The summed E-state index contributed by atoms with van der Waals surface area (Å²) in [7, 11) is -3.40. The summed E-state index contributed by atoms with van der Waals surface area (Å²) in [5.41, 5.74) is 1.65. The van der Waals surface area contributed by atoms with Crippen molar-refractivity contribution in [3.63, 3.8) is 0 Å². The highest BCUT2D eigenvalue weighted by Gasteiger charge is 2.26. The van der Waals surface area contributed by atoms with Crippen molar-refractivity contribution in [3.8, 4) is 0 Å². The molecular weight excluding hydrogens is 301 g/mol. The van der Waals surface area contributed by atoms with Gasteiger partial charge in [0.1, 0.15) is 3.72 Å². The summed E-state index contributed by atoms with van der Waals surface area (Å²) in [6, 6.07) is 5.33. The molecule has 0 radical (unpaired) electrons. The van der Waals surface area contributed by atoms with Gasteiger partial charge in [-0.2, -0.15) is 12.8 Å². The summed E-state index contributed by atoms with van der Waals surface area (Å²) >= 11 is 1.93. The number of sulfonamides is 1. The SMILES string of the molecule is Cc1ccc2c(c1)S(=O)(=O)N=C2I. The predicted molar refractivity (Wildman–Crippen MR) is 58.9 cm³/mol. The maximum absolute atomic E-state index is 11.4. The summed E-state index contributed by atoms with van der Waals surface area (Å²) in [6.45, 7) is 1.86. The molecule has 1 heterocycles. The van der Waals surface area contributed by atoms with Crippen LogP contribution >= 0.6 is 22.6 Å². The molecule has 1 aromatic rings. The van der Waals surface area contributed by atoms with E-state index < -0.39 is 10.0 Å². The van der Waals surface area contributed by atoms with Crippen LogP contribution in [0.1, 0.15) is 11.1 Å². The Kier molecular flexibility index (Phi) is 1.95. The molecule has 1 aliphatic rings. The average molecular weight is 307 g/mol. The molecule has 0 aromatic heterocycles. The van der Waals surface area contributed by atoms with E-state index in [9.17, 15) is 8.42 Å². The first-order valence-electron chi connectivity index (χ1n) is 3.62. The average Bonchev–Trinajstić information content (AvgIpc) is 2.23. The molecule has 0 aliphatic carbocycles. The number of nitrogens with zero attached hydrogens (tertiary/aromatic N) is 1. The van der Waals surface area contributed by atoms with Crippen LogP contribution in [-0.4, -0.2) is 12.1 Å². The fourth-order valence-electron chi connectivity index (χ4n) is 1.22. The number of hydrogen-bond donors (Lipinski definition) is 0. The minimum absolute atomic E-state index is 0.330. The molecule has 0 unspecified atom stereocenters. The third-order valence-electron chi connectivity index (χ3n) is 1.84. The Morgan fingerprint density at radius 3 is 2.77 bits per heavy atom. The van der Waals surface area contributed by atoms with Crippen molar-refractivity contribution in [2.24, 2.45) is 4.40 Å². The van der Waals surface area contributed by atoms with E-state index in [4.69, 9.17) is 0 Å². The topological polar surface area (TPSA) is 46.5 Å². The second kappa shape index (κ2) is 2.78. The van der Waals surface area contributed by atoms with Crippen LogP contribution in [0.4, 0.5) is 0 Å². The van der Waals surface area contributed by atoms with Crippen LogP contribution in [0.2, 0.25) is 0 Å². The summed E-state index contributed by atoms with van der Waals surface area (Å²) in [6.07, 6.45) is 0. The molecule has 1 aromatic carbocycles. The van der Waals surface area contributed by atoms with Gasteiger partial charge in [-0.05, 0) is 41.1 Å². The molecule has 0 spiro atoms. The monoisotopic (exact) mass is 307 g/mol. The highest BCUT2D eigenvalue weighted by Crippen LogP contribution is 2.29. The van der Waals surface area contributed by atoms with Gasteiger partial charge >= 0.3 is 0 Å². The molecule has 0 saturated carbocycles. The molecular formula is C8H6INO2S. The highest BCUT2D eigenvalue weighted by atomic mass is 127. The van der Waals surface area contributed by atoms with E-state index in [1.807, 2.05) is 35.6 Å². The van der Waals surface area contributed by atoms with E-state index in [0.29, 0.717) is 14.2 Å². The molecule has 3 nitrogen and oxygen atoms in total. The molecule has 2 rings (SSSR count). The lowest BCUT2D eigenvalue weighted by atomic mass is 10.2. The van der Waals surface area contributed by atoms with E-state index in [1.54, 1.807) is 12.1 Å². The van der Waals surface area contributed by atoms with Crippen molar-refractivity contribution in [2.45, 2.75) is 11.8 Å². The highest BCUT2D eigenvalue weighted by molar-refractivity contribution is 14.1. The Balaban J connectivity index is 2.83. The van der Waals surface area contributed by atoms with Crippen LogP contribution < -0.4 is 0 Å². The van der Waals surface area contributed by atoms with E-state index in [-0.39, 0.29) is 0 Å². The predicted octanol–water partition coefficient (Wildman–Crippen LogP) is 1.88. The number of fused-ring (bicyclic) bond motifs is 1. The van der Waals surface area contributed by atoms with Gasteiger partial charge in [-0.1, -0.05) is 12.1 Å². The molecule has 0 N–H and O–H groups in total. The maximum atomic E-state index is 11.4. The van der Waals surface area contributed by atoms with Gasteiger partial charge < -0.3 is 0 Å². The van der Waals surface area contributed by atoms with Crippen molar-refractivity contribution in [3.05, 3.63) is 29.3 Å². The normalized spacial score (nSPS) is 18.2. The van der Waals surface area contributed by atoms with E-state index in [0.717, 1.165) is 5.56 Å². The quantitative estimate of drug-likeness (QED) is 0.687. The van der Waals surface area contributed by atoms with Crippen molar-refractivity contribution < 1.29 is 8.42 Å². The van der Waals surface area contributed by atoms with Crippen LogP contribution in [0.3, 0.4) is 0 Å². The van der Waals surface area contributed by atoms with Gasteiger partial charge in [0.05, 0.1) is 4.90 Å². The van der Waals surface area contributed by atoms with Gasteiger partial charge in [-0.25, -0.2) is 0 Å². The first kappa shape index (κ1) is 9.14. The second-order valence-electron chi connectivity index (χ2n) is 2.86. The molecule has 13 heavy (non-hydrogen) atoms. The number of halogens is 1. The molecule has 0 fully saturated rings. The van der Waals surface area contributed by atoms with E-state index in [2.05, 4.69) is 4.40 Å². The van der Waals surface area contributed by atoms with Gasteiger partial charge in [0.15, 0.2) is 0 Å². The van der Waals surface area contributed by atoms with Crippen molar-refractivity contribution >= 4 is 36.3 Å². The van der Waals surface area contributed by atoms with Crippen LogP contribution in [0.15, 0.2) is 27.5 Å². The van der Waals surface area contributed by atoms with Gasteiger partial charge in [-0.15, -0.1) is 0 Å². The molecule has 5 heteroatoms. The molecule has 0 saturated heterocycles. The summed E-state index contributed by atoms with van der Waals surface area (Å²) in [4.78, 5) is 0.330. The fourth-order valence-corrected chi connectivity index (χ4v) is 3.83. The zero-order valence-corrected chi connectivity index (χ0v) is 9.76. The van der Waals surface area contributed by atoms with E-state index in [1.165, 1.54) is 0 Å². The first-order chi connectivity index (χ1) is 6.00. The van der Waals surface area contributed by atoms with Gasteiger partial charge in [0, 0.05) is 5.56 Å². The van der Waals surface area contributed by atoms with Crippen LogP contribution in [-0.2, 0) is 10.0 Å². The summed E-state index contributed by atoms with van der Waals surface area (Å²) < 4.78 is 27.0. The third-order valence-corrected chi connectivity index (χ3v) is 4.30. The minimum Gasteiger partial charge on any atom is -0.199 e. The molecule has 0 amide bonds. The van der Waals surface area contributed by atoms with Crippen LogP contribution in [0.5, 0.6) is 0 Å². The second-order valence-corrected chi connectivity index (χ2v) is 5.45. The van der Waals surface area contributed by atoms with E-state index >= 15 is 0 Å². The van der Waals surface area contributed by atoms with Gasteiger partial charge in [-0.3, -0.25) is 0 Å². The van der Waals surface area contributed by atoms with Crippen molar-refractivity contribution in [1.82, 2.24) is 0 Å². The number of aryl methyl sites for hydroxylation is 1. The Morgan fingerprint density at radius 2 is 2.08 bits per heavy atom. The number of benzene rings is 1. The fraction of sp³-hybridized carbons (Fsp3) is 0.125. The number of rotatable bonds is 0. The lowest BCUT2D eigenvalue weighted by Gasteiger charge is -1.97. The smallest absolute Gasteiger partial charge is 0.199 e. The van der Waals surface area contributed by atoms with Gasteiger partial charge in [0.25, 0.3) is 10.0 Å². The Bertz CT molecular complexity index is 505. The largest absolute Gasteiger partial charge is 0.284 e. The van der Waals surface area contributed by atoms with Crippen molar-refractivity contribution in [2.75, 3.05) is 0 Å². The summed E-state index contributed by atoms with van der Waals surface area (Å²) in [5, 5.41) is 0. The van der Waals surface area contributed by atoms with Crippen LogP contribution in [0, 0.1) is 6.92 Å². The Labute approximate surface area is 90.1 Å². The maximum Gasteiger partial charge on any atom is 0.284 e. The Morgan fingerprint density at radius 1 is 1.38 bits per heavy atom. The van der Waals surface area contributed by atoms with Gasteiger partial charge in [0.2, 0.25) is 0 Å². The van der Waals surface area contributed by atoms with Crippen LogP contribution in [0.25, 0.3) is 0 Å². The zero-order valence-electron chi connectivity index (χ0n) is 6.78. The Hall–Kier alpha value is -0.430. The standard InChI is InChI=1S/C8H6INO2S/c1-5-2-3-6-7(4-5)13(11,12)10-8(6)9/h2-4H,1H3. The molecule has 0 bridgehead atoms. The molecule has 1 aliphatic heterocycles. The molecule has 0 atom stereocenters. The number of hydrogen-bond acceptors (Lipinski definition) is 2.